The largest absolute Gasteiger partial charge is 0.367 e. The van der Waals surface area contributed by atoms with Crippen LogP contribution in [0.15, 0.2) is 10.7 Å². The molecule has 4 heteroatoms. The molecule has 3 nitrogen and oxygen atoms in total. The maximum atomic E-state index is 4.59. The minimum atomic E-state index is 0.574. The third kappa shape index (κ3) is 3.94. The van der Waals surface area contributed by atoms with Gasteiger partial charge in [0, 0.05) is 18.5 Å². The van der Waals surface area contributed by atoms with Gasteiger partial charge in [-0.3, -0.25) is 0 Å². The van der Waals surface area contributed by atoms with E-state index in [1.807, 2.05) is 6.07 Å². The van der Waals surface area contributed by atoms with Gasteiger partial charge in [0.25, 0.3) is 0 Å². The smallest absolute Gasteiger partial charge is 0.132 e. The number of nitrogens with zero attached hydrogens (tertiary/aromatic N) is 2. The van der Waals surface area contributed by atoms with Crippen LogP contribution in [0.4, 0.5) is 5.82 Å². The molecule has 1 aliphatic rings. The van der Waals surface area contributed by atoms with Gasteiger partial charge >= 0.3 is 0 Å². The highest BCUT2D eigenvalue weighted by Gasteiger charge is 2.19. The van der Waals surface area contributed by atoms with Gasteiger partial charge in [-0.05, 0) is 41.1 Å². The average molecular weight is 312 g/mol. The summed E-state index contributed by atoms with van der Waals surface area (Å²) in [5.41, 5.74) is 0. The summed E-state index contributed by atoms with van der Waals surface area (Å²) in [5, 5.41) is 3.57. The molecule has 0 aromatic carbocycles. The van der Waals surface area contributed by atoms with Crippen LogP contribution in [-0.4, -0.2) is 16.0 Å². The van der Waals surface area contributed by atoms with Gasteiger partial charge in [0.2, 0.25) is 0 Å². The van der Waals surface area contributed by atoms with E-state index in [2.05, 4.69) is 45.1 Å². The second-order valence-corrected chi connectivity index (χ2v) is 6.17. The highest BCUT2D eigenvalue weighted by Crippen LogP contribution is 2.26. The molecule has 1 aromatic heterocycles. The second kappa shape index (κ2) is 6.50. The van der Waals surface area contributed by atoms with Gasteiger partial charge in [-0.25, -0.2) is 9.97 Å². The Morgan fingerprint density at radius 3 is 2.94 bits per heavy atom. The number of anilines is 1. The van der Waals surface area contributed by atoms with Crippen molar-refractivity contribution in [2.75, 3.05) is 5.32 Å². The van der Waals surface area contributed by atoms with E-state index in [4.69, 9.17) is 0 Å². The molecule has 0 saturated heterocycles. The van der Waals surface area contributed by atoms with Gasteiger partial charge < -0.3 is 5.32 Å². The van der Waals surface area contributed by atoms with Gasteiger partial charge in [0.05, 0.1) is 0 Å². The molecule has 2 rings (SSSR count). The van der Waals surface area contributed by atoms with Gasteiger partial charge in [0.1, 0.15) is 16.2 Å². The van der Waals surface area contributed by atoms with E-state index < -0.39 is 0 Å². The lowest BCUT2D eigenvalue weighted by molar-refractivity contribution is 0.358. The summed E-state index contributed by atoms with van der Waals surface area (Å²) in [6.07, 6.45) is 7.23. The van der Waals surface area contributed by atoms with Crippen molar-refractivity contribution in [3.63, 3.8) is 0 Å². The van der Waals surface area contributed by atoms with Crippen LogP contribution in [0.1, 0.15) is 51.8 Å². The van der Waals surface area contributed by atoms with E-state index in [0.29, 0.717) is 6.04 Å². The Labute approximate surface area is 118 Å². The van der Waals surface area contributed by atoms with Gasteiger partial charge in [-0.15, -0.1) is 0 Å². The number of hydrogen-bond donors (Lipinski definition) is 1. The van der Waals surface area contributed by atoms with E-state index in [-0.39, 0.29) is 0 Å². The highest BCUT2D eigenvalue weighted by molar-refractivity contribution is 9.10. The normalized spacial score (nSPS) is 23.9. The van der Waals surface area contributed by atoms with Crippen LogP contribution < -0.4 is 5.32 Å². The standard InChI is InChI=1S/C14H22BrN3/c1-3-5-13-17-12(15)9-14(18-13)16-11-7-4-6-10(2)8-11/h9-11H,3-8H2,1-2H3,(H,16,17,18). The highest BCUT2D eigenvalue weighted by atomic mass is 79.9. The lowest BCUT2D eigenvalue weighted by Crippen LogP contribution is -2.26. The summed E-state index contributed by atoms with van der Waals surface area (Å²) in [6.45, 7) is 4.49. The monoisotopic (exact) mass is 311 g/mol. The fourth-order valence-electron chi connectivity index (χ4n) is 2.65. The first-order valence-electron chi connectivity index (χ1n) is 6.97. The van der Waals surface area contributed by atoms with E-state index in [0.717, 1.165) is 35.0 Å². The third-order valence-electron chi connectivity index (χ3n) is 3.50. The zero-order valence-corrected chi connectivity index (χ0v) is 12.8. The first-order chi connectivity index (χ1) is 8.67. The Hall–Kier alpha value is -0.640. The van der Waals surface area contributed by atoms with Crippen LogP contribution in [-0.2, 0) is 6.42 Å². The van der Waals surface area contributed by atoms with Gasteiger partial charge in [0.15, 0.2) is 0 Å². The number of aryl methyl sites for hydroxylation is 1. The number of nitrogens with one attached hydrogen (secondary N) is 1. The number of aromatic nitrogens is 2. The van der Waals surface area contributed by atoms with Crippen LogP contribution in [0.5, 0.6) is 0 Å². The summed E-state index contributed by atoms with van der Waals surface area (Å²) in [6, 6.07) is 2.56. The molecule has 0 spiro atoms. The molecule has 2 atom stereocenters. The molecule has 0 amide bonds. The molecule has 1 saturated carbocycles. The predicted octanol–water partition coefficient (Wildman–Crippen LogP) is 4.18. The average Bonchev–Trinajstić information content (AvgIpc) is 2.28. The van der Waals surface area contributed by atoms with Crippen LogP contribution in [0.2, 0.25) is 0 Å². The summed E-state index contributed by atoms with van der Waals surface area (Å²) in [5.74, 6) is 2.73. The summed E-state index contributed by atoms with van der Waals surface area (Å²) in [7, 11) is 0. The lowest BCUT2D eigenvalue weighted by Gasteiger charge is -2.28. The molecule has 100 valence electrons. The molecule has 0 radical (unpaired) electrons. The Morgan fingerprint density at radius 2 is 2.22 bits per heavy atom. The van der Waals surface area contributed by atoms with Crippen LogP contribution in [0.3, 0.4) is 0 Å². The number of rotatable bonds is 4. The quantitative estimate of drug-likeness (QED) is 0.848. The SMILES string of the molecule is CCCc1nc(Br)cc(NC2CCCC(C)C2)n1. The maximum absolute atomic E-state index is 4.59. The molecule has 1 N–H and O–H groups in total. The Kier molecular flexibility index (Phi) is 4.98. The molecule has 2 unspecified atom stereocenters. The van der Waals surface area contributed by atoms with Crippen molar-refractivity contribution >= 4 is 21.7 Å². The van der Waals surface area contributed by atoms with E-state index in [1.165, 1.54) is 25.7 Å². The van der Waals surface area contributed by atoms with E-state index in [1.54, 1.807) is 0 Å². The molecule has 1 aromatic rings. The lowest BCUT2D eigenvalue weighted by atomic mass is 9.87. The molecular weight excluding hydrogens is 290 g/mol. The van der Waals surface area contributed by atoms with E-state index >= 15 is 0 Å². The van der Waals surface area contributed by atoms with Crippen molar-refractivity contribution in [2.45, 2.75) is 58.4 Å². The topological polar surface area (TPSA) is 37.8 Å². The van der Waals surface area contributed by atoms with Gasteiger partial charge in [-0.2, -0.15) is 0 Å². The van der Waals surface area contributed by atoms with Crippen molar-refractivity contribution in [1.82, 2.24) is 9.97 Å². The summed E-state index contributed by atoms with van der Waals surface area (Å²) in [4.78, 5) is 8.99. The van der Waals surface area contributed by atoms with Crippen molar-refractivity contribution in [3.8, 4) is 0 Å². The first-order valence-corrected chi connectivity index (χ1v) is 7.76. The second-order valence-electron chi connectivity index (χ2n) is 5.36. The molecule has 1 aliphatic carbocycles. The fraction of sp³-hybridized carbons (Fsp3) is 0.714. The number of halogens is 1. The Balaban J connectivity index is 2.03. The number of hydrogen-bond acceptors (Lipinski definition) is 3. The Morgan fingerprint density at radius 1 is 1.39 bits per heavy atom. The van der Waals surface area contributed by atoms with Crippen LogP contribution >= 0.6 is 15.9 Å². The Bertz CT molecular complexity index is 395. The third-order valence-corrected chi connectivity index (χ3v) is 3.91. The zero-order chi connectivity index (χ0) is 13.0. The van der Waals surface area contributed by atoms with Crippen LogP contribution in [0.25, 0.3) is 0 Å². The molecule has 1 fully saturated rings. The summed E-state index contributed by atoms with van der Waals surface area (Å²) < 4.78 is 0.882. The molecular formula is C14H22BrN3. The van der Waals surface area contributed by atoms with Gasteiger partial charge in [-0.1, -0.05) is 26.7 Å². The van der Waals surface area contributed by atoms with Crippen molar-refractivity contribution in [3.05, 3.63) is 16.5 Å². The zero-order valence-electron chi connectivity index (χ0n) is 11.2. The van der Waals surface area contributed by atoms with E-state index in [9.17, 15) is 0 Å². The first kappa shape index (κ1) is 13.8. The minimum absolute atomic E-state index is 0.574. The summed E-state index contributed by atoms with van der Waals surface area (Å²) >= 11 is 3.47. The minimum Gasteiger partial charge on any atom is -0.367 e. The fourth-order valence-corrected chi connectivity index (χ4v) is 3.07. The molecule has 0 bridgehead atoms. The maximum Gasteiger partial charge on any atom is 0.132 e. The van der Waals surface area contributed by atoms with Crippen LogP contribution in [0, 0.1) is 5.92 Å². The molecule has 1 heterocycles. The predicted molar refractivity (Wildman–Crippen MR) is 78.8 cm³/mol. The van der Waals surface area contributed by atoms with Crippen molar-refractivity contribution in [2.24, 2.45) is 5.92 Å². The van der Waals surface area contributed by atoms with Crippen molar-refractivity contribution in [1.29, 1.82) is 0 Å². The van der Waals surface area contributed by atoms with Crippen molar-refractivity contribution < 1.29 is 0 Å². The molecule has 0 aliphatic heterocycles. The molecule has 18 heavy (non-hydrogen) atoms.